The lowest BCUT2D eigenvalue weighted by atomic mass is 10.2. The third-order valence-electron chi connectivity index (χ3n) is 3.13. The molecule has 3 rings (SSSR count). The molecule has 0 aliphatic carbocycles. The molecule has 0 unspecified atom stereocenters. The van der Waals surface area contributed by atoms with Gasteiger partial charge in [0.05, 0.1) is 0 Å². The van der Waals surface area contributed by atoms with E-state index in [1.807, 2.05) is 0 Å². The fourth-order valence-electron chi connectivity index (χ4n) is 2.09. The van der Waals surface area contributed by atoms with E-state index in [2.05, 4.69) is 36.6 Å². The van der Waals surface area contributed by atoms with Crippen LogP contribution in [0.3, 0.4) is 0 Å². The minimum absolute atomic E-state index is 0.0948. The van der Waals surface area contributed by atoms with Crippen LogP contribution in [0.4, 0.5) is 10.1 Å². The number of hydrogen-bond donors (Lipinski definition) is 1. The molecule has 9 heteroatoms. The molecule has 0 saturated heterocycles. The van der Waals surface area contributed by atoms with Crippen molar-refractivity contribution in [2.24, 2.45) is 0 Å². The normalized spacial score (nSPS) is 11.6. The van der Waals surface area contributed by atoms with E-state index in [1.54, 1.807) is 0 Å². The van der Waals surface area contributed by atoms with Crippen LogP contribution in [0.5, 0.6) is 0 Å². The highest BCUT2D eigenvalue weighted by molar-refractivity contribution is 9.11. The van der Waals surface area contributed by atoms with Crippen LogP contribution in [0.2, 0.25) is 0 Å². The molecule has 1 N–H and O–H groups in total. The highest BCUT2D eigenvalue weighted by Crippen LogP contribution is 2.28. The maximum absolute atomic E-state index is 13.1. The highest BCUT2D eigenvalue weighted by Gasteiger charge is 2.18. The van der Waals surface area contributed by atoms with Gasteiger partial charge in [-0.15, -0.1) is 0 Å². The molecule has 0 bridgehead atoms. The Balaban J connectivity index is 2.04. The third kappa shape index (κ3) is 3.38. The van der Waals surface area contributed by atoms with Crippen LogP contribution in [0.25, 0.3) is 11.0 Å². The average molecular weight is 477 g/mol. The average Bonchev–Trinajstić information content (AvgIpc) is 2.47. The Hall–Kier alpha value is -1.71. The largest absolute Gasteiger partial charge is 0.423 e. The molecule has 0 fully saturated rings. The van der Waals surface area contributed by atoms with Gasteiger partial charge >= 0.3 is 5.63 Å². The second kappa shape index (κ2) is 6.30. The second-order valence-electron chi connectivity index (χ2n) is 4.80. The Kier molecular flexibility index (Phi) is 4.50. The molecule has 24 heavy (non-hydrogen) atoms. The number of benzene rings is 2. The number of halogens is 3. The monoisotopic (exact) mass is 475 g/mol. The van der Waals surface area contributed by atoms with E-state index in [4.69, 9.17) is 4.42 Å². The number of nitrogens with one attached hydrogen (secondary N) is 1. The van der Waals surface area contributed by atoms with Crippen LogP contribution in [0, 0.1) is 5.82 Å². The van der Waals surface area contributed by atoms with Crippen molar-refractivity contribution >= 4 is 58.5 Å². The van der Waals surface area contributed by atoms with Gasteiger partial charge in [0.1, 0.15) is 16.3 Å². The standard InChI is InChI=1S/C15H8Br2FNO4S/c16-11-7-15(20)23-13-3-2-9(6-10(11)13)19-24(21,22)14-4-1-8(18)5-12(14)17/h1-7,19H. The predicted octanol–water partition coefficient (Wildman–Crippen LogP) is 4.26. The Bertz CT molecular complexity index is 1110. The first-order valence-electron chi connectivity index (χ1n) is 6.47. The molecule has 0 spiro atoms. The molecule has 0 aliphatic heterocycles. The van der Waals surface area contributed by atoms with Crippen LogP contribution >= 0.6 is 31.9 Å². The minimum atomic E-state index is -3.92. The number of fused-ring (bicyclic) bond motifs is 1. The van der Waals surface area contributed by atoms with Crippen molar-refractivity contribution in [1.29, 1.82) is 0 Å². The zero-order valence-corrected chi connectivity index (χ0v) is 15.7. The van der Waals surface area contributed by atoms with Gasteiger partial charge < -0.3 is 4.42 Å². The van der Waals surface area contributed by atoms with Crippen molar-refractivity contribution < 1.29 is 17.2 Å². The summed E-state index contributed by atoms with van der Waals surface area (Å²) in [6.45, 7) is 0. The first kappa shape index (κ1) is 17.1. The van der Waals surface area contributed by atoms with E-state index in [1.165, 1.54) is 24.3 Å². The molecule has 0 atom stereocenters. The van der Waals surface area contributed by atoms with Gasteiger partial charge in [0.25, 0.3) is 10.0 Å². The van der Waals surface area contributed by atoms with Crippen LogP contribution in [0.15, 0.2) is 65.5 Å². The summed E-state index contributed by atoms with van der Waals surface area (Å²) < 4.78 is 46.1. The minimum Gasteiger partial charge on any atom is -0.423 e. The lowest BCUT2D eigenvalue weighted by Gasteiger charge is -2.10. The SMILES string of the molecule is O=c1cc(Br)c2cc(NS(=O)(=O)c3ccc(F)cc3Br)ccc2o1. The van der Waals surface area contributed by atoms with Crippen molar-refractivity contribution in [3.63, 3.8) is 0 Å². The quantitative estimate of drug-likeness (QED) is 0.573. The number of anilines is 1. The van der Waals surface area contributed by atoms with Crippen molar-refractivity contribution in [1.82, 2.24) is 0 Å². The smallest absolute Gasteiger partial charge is 0.337 e. The zero-order chi connectivity index (χ0) is 17.5. The lowest BCUT2D eigenvalue weighted by Crippen LogP contribution is -2.13. The van der Waals surface area contributed by atoms with Gasteiger partial charge in [0, 0.05) is 26.1 Å². The molecule has 0 saturated carbocycles. The third-order valence-corrected chi connectivity index (χ3v) is 6.14. The summed E-state index contributed by atoms with van der Waals surface area (Å²) in [5.74, 6) is -0.550. The van der Waals surface area contributed by atoms with E-state index in [9.17, 15) is 17.6 Å². The molecule has 0 radical (unpaired) electrons. The van der Waals surface area contributed by atoms with Crippen molar-refractivity contribution in [3.05, 3.63) is 67.6 Å². The number of rotatable bonds is 3. The molecule has 1 heterocycles. The van der Waals surface area contributed by atoms with E-state index in [0.29, 0.717) is 15.4 Å². The second-order valence-corrected chi connectivity index (χ2v) is 8.16. The predicted molar refractivity (Wildman–Crippen MR) is 95.1 cm³/mol. The van der Waals surface area contributed by atoms with E-state index in [0.717, 1.165) is 18.2 Å². The highest BCUT2D eigenvalue weighted by atomic mass is 79.9. The molecule has 0 amide bonds. The van der Waals surface area contributed by atoms with Crippen molar-refractivity contribution in [2.75, 3.05) is 4.72 Å². The molecular formula is C15H8Br2FNO4S. The van der Waals surface area contributed by atoms with Gasteiger partial charge in [0.15, 0.2) is 0 Å². The maximum Gasteiger partial charge on any atom is 0.337 e. The van der Waals surface area contributed by atoms with E-state index in [-0.39, 0.29) is 15.1 Å². The molecule has 1 aromatic heterocycles. The van der Waals surface area contributed by atoms with Crippen molar-refractivity contribution in [3.8, 4) is 0 Å². The van der Waals surface area contributed by atoms with Crippen molar-refractivity contribution in [2.45, 2.75) is 4.90 Å². The summed E-state index contributed by atoms with van der Waals surface area (Å²) in [4.78, 5) is 11.2. The molecular weight excluding hydrogens is 469 g/mol. The Morgan fingerprint density at radius 3 is 2.46 bits per heavy atom. The molecule has 2 aromatic carbocycles. The number of sulfonamides is 1. The summed E-state index contributed by atoms with van der Waals surface area (Å²) in [6.07, 6.45) is 0. The van der Waals surface area contributed by atoms with Gasteiger partial charge in [-0.3, -0.25) is 4.72 Å². The van der Waals surface area contributed by atoms with Crippen LogP contribution in [-0.2, 0) is 10.0 Å². The fraction of sp³-hybridized carbons (Fsp3) is 0. The van der Waals surface area contributed by atoms with Gasteiger partial charge in [-0.2, -0.15) is 0 Å². The first-order chi connectivity index (χ1) is 11.3. The van der Waals surface area contributed by atoms with Gasteiger partial charge in [-0.1, -0.05) is 0 Å². The Labute approximate surface area is 152 Å². The summed E-state index contributed by atoms with van der Waals surface area (Å²) >= 11 is 6.28. The maximum atomic E-state index is 13.1. The molecule has 5 nitrogen and oxygen atoms in total. The van der Waals surface area contributed by atoms with Crippen LogP contribution in [0.1, 0.15) is 0 Å². The summed E-state index contributed by atoms with van der Waals surface area (Å²) in [6, 6.07) is 9.02. The summed E-state index contributed by atoms with van der Waals surface area (Å²) in [5, 5.41) is 0.535. The lowest BCUT2D eigenvalue weighted by molar-refractivity contribution is 0.560. The first-order valence-corrected chi connectivity index (χ1v) is 9.54. The topological polar surface area (TPSA) is 76.4 Å². The summed E-state index contributed by atoms with van der Waals surface area (Å²) in [5.41, 5.74) is 0.0755. The van der Waals surface area contributed by atoms with Crippen LogP contribution in [-0.4, -0.2) is 8.42 Å². The van der Waals surface area contributed by atoms with E-state index < -0.39 is 21.5 Å². The molecule has 124 valence electrons. The zero-order valence-electron chi connectivity index (χ0n) is 11.7. The molecule has 0 aliphatic rings. The number of hydrogen-bond acceptors (Lipinski definition) is 4. The fourth-order valence-corrected chi connectivity index (χ4v) is 4.69. The van der Waals surface area contributed by atoms with Gasteiger partial charge in [0.2, 0.25) is 0 Å². The Morgan fingerprint density at radius 2 is 1.75 bits per heavy atom. The van der Waals surface area contributed by atoms with Gasteiger partial charge in [-0.25, -0.2) is 17.6 Å². The van der Waals surface area contributed by atoms with E-state index >= 15 is 0 Å². The Morgan fingerprint density at radius 1 is 1.00 bits per heavy atom. The van der Waals surface area contributed by atoms with Gasteiger partial charge in [-0.05, 0) is 68.3 Å². The molecule has 3 aromatic rings. The summed E-state index contributed by atoms with van der Waals surface area (Å²) in [7, 11) is -3.92. The van der Waals surface area contributed by atoms with Crippen LogP contribution < -0.4 is 10.3 Å².